The molecule has 0 amide bonds. The summed E-state index contributed by atoms with van der Waals surface area (Å²) >= 11 is 0. The summed E-state index contributed by atoms with van der Waals surface area (Å²) in [6.07, 6.45) is 13.4. The van der Waals surface area contributed by atoms with Crippen LogP contribution in [0.5, 0.6) is 5.75 Å². The minimum Gasteiger partial charge on any atom is -0.492 e. The maximum atomic E-state index is 13.3. The second-order valence-corrected chi connectivity index (χ2v) is 8.09. The Bertz CT molecular complexity index is 1270. The number of hydrogen-bond acceptors (Lipinski definition) is 4. The Morgan fingerprint density at radius 1 is 1.16 bits per heavy atom. The van der Waals surface area contributed by atoms with Crippen LogP contribution in [0.1, 0.15) is 25.0 Å². The summed E-state index contributed by atoms with van der Waals surface area (Å²) in [7, 11) is 0. The third kappa shape index (κ3) is 4.17. The number of fused-ring (bicyclic) bond motifs is 1. The van der Waals surface area contributed by atoms with E-state index in [1.165, 1.54) is 12.8 Å². The van der Waals surface area contributed by atoms with E-state index in [1.807, 2.05) is 66.1 Å². The lowest BCUT2D eigenvalue weighted by molar-refractivity contribution is 0.302. The molecule has 0 aliphatic heterocycles. The highest BCUT2D eigenvalue weighted by atomic mass is 16.5. The maximum Gasteiger partial charge on any atom is 0.196 e. The van der Waals surface area contributed by atoms with Crippen LogP contribution in [0.3, 0.4) is 0 Å². The molecule has 2 aliphatic rings. The molecule has 0 saturated heterocycles. The molecule has 2 aromatic heterocycles. The predicted octanol–water partition coefficient (Wildman–Crippen LogP) is 5.29. The largest absolute Gasteiger partial charge is 0.492 e. The predicted molar refractivity (Wildman–Crippen MR) is 125 cm³/mol. The summed E-state index contributed by atoms with van der Waals surface area (Å²) in [4.78, 5) is 18.0. The average Bonchev–Trinajstić information content (AvgIpc) is 3.60. The molecule has 5 rings (SSSR count). The molecule has 1 saturated carbocycles. The minimum absolute atomic E-state index is 0.0979. The molecule has 0 unspecified atom stereocenters. The molecule has 2 heterocycles. The van der Waals surface area contributed by atoms with Crippen molar-refractivity contribution >= 4 is 16.9 Å². The lowest BCUT2D eigenvalue weighted by Gasteiger charge is -2.19. The van der Waals surface area contributed by atoms with E-state index in [0.717, 1.165) is 23.5 Å². The fourth-order valence-electron chi connectivity index (χ4n) is 3.75. The third-order valence-corrected chi connectivity index (χ3v) is 5.51. The van der Waals surface area contributed by atoms with Crippen molar-refractivity contribution in [1.29, 1.82) is 0 Å². The van der Waals surface area contributed by atoms with Gasteiger partial charge in [-0.1, -0.05) is 42.5 Å². The van der Waals surface area contributed by atoms with Crippen molar-refractivity contribution in [2.45, 2.75) is 26.2 Å². The number of ether oxygens (including phenoxy) is 1. The minimum atomic E-state index is -0.0979. The van der Waals surface area contributed by atoms with Gasteiger partial charge in [-0.15, -0.1) is 0 Å². The normalized spacial score (nSPS) is 15.6. The van der Waals surface area contributed by atoms with E-state index in [9.17, 15) is 4.79 Å². The summed E-state index contributed by atoms with van der Waals surface area (Å²) in [5.74, 6) is 1.89. The number of hydrogen-bond donors (Lipinski definition) is 1. The topological polar surface area (TPSA) is 56.1 Å². The van der Waals surface area contributed by atoms with E-state index in [0.29, 0.717) is 35.1 Å². The Hall–Kier alpha value is -3.60. The van der Waals surface area contributed by atoms with Gasteiger partial charge in [0.05, 0.1) is 6.61 Å². The quantitative estimate of drug-likeness (QED) is 0.598. The Morgan fingerprint density at radius 3 is 2.81 bits per heavy atom. The summed E-state index contributed by atoms with van der Waals surface area (Å²) in [6.45, 7) is 2.58. The molecule has 1 fully saturated rings. The van der Waals surface area contributed by atoms with Crippen molar-refractivity contribution in [2.75, 3.05) is 11.9 Å². The van der Waals surface area contributed by atoms with Crippen molar-refractivity contribution in [3.63, 3.8) is 0 Å². The highest BCUT2D eigenvalue weighted by molar-refractivity contribution is 5.86. The first-order valence-electron chi connectivity index (χ1n) is 10.7. The number of anilines is 1. The van der Waals surface area contributed by atoms with Crippen LogP contribution in [0.15, 0.2) is 83.3 Å². The molecule has 3 aromatic rings. The molecule has 31 heavy (non-hydrogen) atoms. The van der Waals surface area contributed by atoms with Gasteiger partial charge in [-0.05, 0) is 50.3 Å². The van der Waals surface area contributed by atoms with Crippen LogP contribution >= 0.6 is 0 Å². The van der Waals surface area contributed by atoms with Crippen molar-refractivity contribution in [2.24, 2.45) is 5.92 Å². The van der Waals surface area contributed by atoms with E-state index in [-0.39, 0.29) is 5.43 Å². The second-order valence-electron chi connectivity index (χ2n) is 8.09. The van der Waals surface area contributed by atoms with Gasteiger partial charge >= 0.3 is 0 Å². The number of rotatable bonds is 6. The zero-order valence-electron chi connectivity index (χ0n) is 17.5. The summed E-state index contributed by atoms with van der Waals surface area (Å²) in [5, 5.41) is 3.96. The molecule has 2 aliphatic carbocycles. The smallest absolute Gasteiger partial charge is 0.196 e. The Kier molecular flexibility index (Phi) is 5.16. The van der Waals surface area contributed by atoms with Gasteiger partial charge in [0.2, 0.25) is 0 Å². The number of nitrogens with one attached hydrogen (secondary N) is 1. The Balaban J connectivity index is 1.71. The van der Waals surface area contributed by atoms with Gasteiger partial charge in [0.25, 0.3) is 0 Å². The number of benzene rings is 1. The molecule has 5 nitrogen and oxygen atoms in total. The SMILES string of the molecule is Cc1cc(OCC2CC2)c2c(=O)cc(NC3=CCC=CC=C3)n(-c3ccccc3)c2n1. The molecule has 0 spiro atoms. The van der Waals surface area contributed by atoms with E-state index in [4.69, 9.17) is 9.72 Å². The number of nitrogens with zero attached hydrogens (tertiary/aromatic N) is 2. The fourth-order valence-corrected chi connectivity index (χ4v) is 3.75. The first kappa shape index (κ1) is 19.4. The lowest BCUT2D eigenvalue weighted by atomic mass is 10.2. The molecule has 0 bridgehead atoms. The monoisotopic (exact) mass is 411 g/mol. The van der Waals surface area contributed by atoms with Gasteiger partial charge in [0.1, 0.15) is 17.0 Å². The zero-order valence-corrected chi connectivity index (χ0v) is 17.5. The summed E-state index contributed by atoms with van der Waals surface area (Å²) in [5.41, 5.74) is 3.18. The fraction of sp³-hybridized carbons (Fsp3) is 0.231. The summed E-state index contributed by atoms with van der Waals surface area (Å²) < 4.78 is 8.10. The van der Waals surface area contributed by atoms with Crippen molar-refractivity contribution in [3.05, 3.63) is 94.5 Å². The third-order valence-electron chi connectivity index (χ3n) is 5.51. The molecule has 1 aromatic carbocycles. The zero-order chi connectivity index (χ0) is 21.2. The molecule has 156 valence electrons. The van der Waals surface area contributed by atoms with E-state index in [1.54, 1.807) is 6.07 Å². The van der Waals surface area contributed by atoms with Gasteiger partial charge in [0.15, 0.2) is 11.1 Å². The molecule has 0 atom stereocenters. The van der Waals surface area contributed by atoms with E-state index < -0.39 is 0 Å². The van der Waals surface area contributed by atoms with E-state index >= 15 is 0 Å². The van der Waals surface area contributed by atoms with Crippen molar-refractivity contribution in [3.8, 4) is 11.4 Å². The highest BCUT2D eigenvalue weighted by Crippen LogP contribution is 2.32. The first-order chi connectivity index (χ1) is 15.2. The standard InChI is InChI=1S/C26H25N3O2/c1-18-15-23(31-17-19-13-14-19)25-22(30)16-24(28-20-9-5-2-3-6-10-20)29(26(25)27-18)21-11-7-4-8-12-21/h2-5,7-12,15-16,19,28H,6,13-14,17H2,1H3. The maximum absolute atomic E-state index is 13.3. The lowest BCUT2D eigenvalue weighted by Crippen LogP contribution is -2.16. The van der Waals surface area contributed by atoms with Gasteiger partial charge in [0, 0.05) is 29.2 Å². The van der Waals surface area contributed by atoms with Gasteiger partial charge in [-0.3, -0.25) is 9.36 Å². The van der Waals surface area contributed by atoms with Gasteiger partial charge < -0.3 is 10.1 Å². The van der Waals surface area contributed by atoms with Crippen LogP contribution in [0, 0.1) is 12.8 Å². The number of aryl methyl sites for hydroxylation is 1. The van der Waals surface area contributed by atoms with Crippen LogP contribution < -0.4 is 15.5 Å². The molecule has 0 radical (unpaired) electrons. The number of aromatic nitrogens is 2. The van der Waals surface area contributed by atoms with Crippen LogP contribution in [0.4, 0.5) is 5.82 Å². The van der Waals surface area contributed by atoms with E-state index in [2.05, 4.69) is 17.5 Å². The van der Waals surface area contributed by atoms with Crippen LogP contribution in [0.2, 0.25) is 0 Å². The van der Waals surface area contributed by atoms with Crippen molar-refractivity contribution < 1.29 is 4.74 Å². The second kappa shape index (κ2) is 8.26. The highest BCUT2D eigenvalue weighted by Gasteiger charge is 2.23. The number of para-hydroxylation sites is 1. The molecule has 5 heteroatoms. The van der Waals surface area contributed by atoms with Gasteiger partial charge in [-0.25, -0.2) is 4.98 Å². The van der Waals surface area contributed by atoms with Crippen LogP contribution in [0.25, 0.3) is 16.7 Å². The number of allylic oxidation sites excluding steroid dienone is 5. The van der Waals surface area contributed by atoms with Crippen LogP contribution in [-0.2, 0) is 0 Å². The first-order valence-corrected chi connectivity index (χ1v) is 10.7. The average molecular weight is 412 g/mol. The Labute approximate surface area is 181 Å². The summed E-state index contributed by atoms with van der Waals surface area (Å²) in [6, 6.07) is 13.5. The van der Waals surface area contributed by atoms with Crippen LogP contribution in [-0.4, -0.2) is 16.2 Å². The number of pyridine rings is 2. The Morgan fingerprint density at radius 2 is 2.00 bits per heavy atom. The molecular formula is C26H25N3O2. The molecular weight excluding hydrogens is 386 g/mol. The van der Waals surface area contributed by atoms with Gasteiger partial charge in [-0.2, -0.15) is 0 Å². The van der Waals surface area contributed by atoms with Crippen molar-refractivity contribution in [1.82, 2.24) is 9.55 Å². The molecule has 1 N–H and O–H groups in total.